The van der Waals surface area contributed by atoms with Crippen molar-refractivity contribution < 1.29 is 4.90 Å². The average Bonchev–Trinajstić information content (AvgIpc) is 3.32. The summed E-state index contributed by atoms with van der Waals surface area (Å²) in [5.41, 5.74) is 2.69. The van der Waals surface area contributed by atoms with E-state index in [0.29, 0.717) is 6.04 Å². The number of aromatic nitrogens is 5. The number of rotatable bonds is 6. The first-order chi connectivity index (χ1) is 15.4. The lowest BCUT2D eigenvalue weighted by atomic mass is 9.89. The molecule has 0 spiro atoms. The molecule has 0 unspecified atom stereocenters. The van der Waals surface area contributed by atoms with Crippen molar-refractivity contribution in [2.45, 2.75) is 63.5 Å². The van der Waals surface area contributed by atoms with E-state index in [1.54, 1.807) is 4.90 Å². The Morgan fingerprint density at radius 2 is 1.74 bits per heavy atom. The van der Waals surface area contributed by atoms with Crippen LogP contribution in [0, 0.1) is 5.92 Å². The third kappa shape index (κ3) is 4.69. The van der Waals surface area contributed by atoms with Crippen molar-refractivity contribution in [3.63, 3.8) is 0 Å². The molecule has 0 radical (unpaired) electrons. The van der Waals surface area contributed by atoms with E-state index in [4.69, 9.17) is 0 Å². The van der Waals surface area contributed by atoms with E-state index in [1.807, 2.05) is 18.5 Å². The maximum Gasteiger partial charge on any atom is 0.214 e. The van der Waals surface area contributed by atoms with Gasteiger partial charge >= 0.3 is 0 Å². The van der Waals surface area contributed by atoms with Gasteiger partial charge in [-0.1, -0.05) is 49.6 Å². The SMILES string of the molecule is c1ccc(CC2CC[NH+]([C@@H](c3cccnc3)c3nnnn3C3CCCCC3)CC2)cc1. The van der Waals surface area contributed by atoms with E-state index < -0.39 is 0 Å². The molecular weight excluding hydrogens is 384 g/mol. The molecule has 1 N–H and O–H groups in total. The highest BCUT2D eigenvalue weighted by Gasteiger charge is 2.36. The van der Waals surface area contributed by atoms with Gasteiger partial charge in [-0.2, -0.15) is 0 Å². The Morgan fingerprint density at radius 3 is 2.48 bits per heavy atom. The molecular formula is C25H33N6+. The number of hydrogen-bond acceptors (Lipinski definition) is 4. The molecule has 5 rings (SSSR count). The normalized spacial score (nSPS) is 23.5. The van der Waals surface area contributed by atoms with Crippen LogP contribution in [0.1, 0.15) is 74.0 Å². The van der Waals surface area contributed by atoms with Crippen LogP contribution in [-0.4, -0.2) is 38.3 Å². The quantitative estimate of drug-likeness (QED) is 0.669. The summed E-state index contributed by atoms with van der Waals surface area (Å²) < 4.78 is 2.15. The molecule has 1 aliphatic heterocycles. The first-order valence-electron chi connectivity index (χ1n) is 11.9. The van der Waals surface area contributed by atoms with Gasteiger partial charge in [0.25, 0.3) is 0 Å². The van der Waals surface area contributed by atoms with E-state index in [-0.39, 0.29) is 6.04 Å². The van der Waals surface area contributed by atoms with Crippen molar-refractivity contribution in [2.75, 3.05) is 13.1 Å². The Kier molecular flexibility index (Phi) is 6.35. The number of likely N-dealkylation sites (tertiary alicyclic amines) is 1. The van der Waals surface area contributed by atoms with Gasteiger partial charge < -0.3 is 4.90 Å². The largest absolute Gasteiger partial charge is 0.322 e. The number of benzene rings is 1. The fourth-order valence-electron chi connectivity index (χ4n) is 5.58. The third-order valence-electron chi connectivity index (χ3n) is 7.24. The summed E-state index contributed by atoms with van der Waals surface area (Å²) in [5.74, 6) is 1.78. The zero-order valence-electron chi connectivity index (χ0n) is 18.2. The Hall–Kier alpha value is -2.60. The highest BCUT2D eigenvalue weighted by Crippen LogP contribution is 2.30. The lowest BCUT2D eigenvalue weighted by Gasteiger charge is -2.35. The van der Waals surface area contributed by atoms with Crippen LogP contribution in [0.25, 0.3) is 0 Å². The maximum absolute atomic E-state index is 4.58. The van der Waals surface area contributed by atoms with Gasteiger partial charge in [0.1, 0.15) is 0 Å². The topological polar surface area (TPSA) is 60.9 Å². The predicted octanol–water partition coefficient (Wildman–Crippen LogP) is 3.20. The Labute approximate surface area is 184 Å². The smallest absolute Gasteiger partial charge is 0.214 e. The van der Waals surface area contributed by atoms with Gasteiger partial charge in [0.2, 0.25) is 5.82 Å². The van der Waals surface area contributed by atoms with Crippen LogP contribution in [-0.2, 0) is 6.42 Å². The molecule has 3 heterocycles. The molecule has 2 aromatic heterocycles. The van der Waals surface area contributed by atoms with Crippen LogP contribution in [0.2, 0.25) is 0 Å². The Bertz CT molecular complexity index is 927. The zero-order valence-corrected chi connectivity index (χ0v) is 18.2. The van der Waals surface area contributed by atoms with E-state index in [9.17, 15) is 0 Å². The molecule has 0 bridgehead atoms. The minimum absolute atomic E-state index is 0.156. The number of pyridine rings is 1. The predicted molar refractivity (Wildman–Crippen MR) is 120 cm³/mol. The molecule has 2 aliphatic rings. The molecule has 1 saturated carbocycles. The van der Waals surface area contributed by atoms with Gasteiger partial charge in [-0.25, -0.2) is 4.68 Å². The minimum atomic E-state index is 0.156. The molecule has 3 aromatic rings. The summed E-state index contributed by atoms with van der Waals surface area (Å²) in [6.07, 6.45) is 13.8. The standard InChI is InChI=1S/C25H32N6/c1-3-8-20(9-4-1)18-21-13-16-30(17-14-21)24(22-10-7-15-26-19-22)25-27-28-29-31(25)23-11-5-2-6-12-23/h1,3-4,7-10,15,19,21,23-24H,2,5-6,11-14,16-18H2/p+1/t24-/m0/s1. The second-order valence-corrected chi connectivity index (χ2v) is 9.28. The van der Waals surface area contributed by atoms with Crippen molar-refractivity contribution in [2.24, 2.45) is 5.92 Å². The molecule has 6 nitrogen and oxygen atoms in total. The van der Waals surface area contributed by atoms with E-state index in [1.165, 1.54) is 62.5 Å². The molecule has 1 atom stereocenters. The summed E-state index contributed by atoms with van der Waals surface area (Å²) in [6, 6.07) is 15.8. The van der Waals surface area contributed by atoms with E-state index in [2.05, 4.69) is 61.6 Å². The number of nitrogens with zero attached hydrogens (tertiary/aromatic N) is 5. The summed E-state index contributed by atoms with van der Waals surface area (Å²) >= 11 is 0. The molecule has 6 heteroatoms. The van der Waals surface area contributed by atoms with Crippen LogP contribution in [0.3, 0.4) is 0 Å². The van der Waals surface area contributed by atoms with Gasteiger partial charge in [-0.3, -0.25) is 4.98 Å². The highest BCUT2D eigenvalue weighted by molar-refractivity contribution is 5.19. The fourth-order valence-corrected chi connectivity index (χ4v) is 5.58. The fraction of sp³-hybridized carbons (Fsp3) is 0.520. The van der Waals surface area contributed by atoms with Crippen LogP contribution in [0.4, 0.5) is 0 Å². The van der Waals surface area contributed by atoms with Crippen molar-refractivity contribution in [1.82, 2.24) is 25.2 Å². The molecule has 31 heavy (non-hydrogen) atoms. The van der Waals surface area contributed by atoms with Gasteiger partial charge in [0, 0.05) is 18.0 Å². The minimum Gasteiger partial charge on any atom is -0.322 e. The van der Waals surface area contributed by atoms with Gasteiger partial charge in [-0.05, 0) is 66.1 Å². The molecule has 1 aliphatic carbocycles. The van der Waals surface area contributed by atoms with Crippen molar-refractivity contribution in [3.05, 3.63) is 71.8 Å². The lowest BCUT2D eigenvalue weighted by molar-refractivity contribution is -0.932. The number of quaternary nitrogens is 1. The Morgan fingerprint density at radius 1 is 0.935 bits per heavy atom. The van der Waals surface area contributed by atoms with Crippen molar-refractivity contribution >= 4 is 0 Å². The third-order valence-corrected chi connectivity index (χ3v) is 7.24. The highest BCUT2D eigenvalue weighted by atomic mass is 15.6. The van der Waals surface area contributed by atoms with Crippen molar-refractivity contribution in [1.29, 1.82) is 0 Å². The van der Waals surface area contributed by atoms with E-state index >= 15 is 0 Å². The monoisotopic (exact) mass is 417 g/mol. The number of piperidine rings is 1. The zero-order chi connectivity index (χ0) is 20.9. The lowest BCUT2D eigenvalue weighted by Crippen LogP contribution is -3.13. The second kappa shape index (κ2) is 9.69. The molecule has 1 saturated heterocycles. The van der Waals surface area contributed by atoms with Gasteiger partial charge in [-0.15, -0.1) is 5.10 Å². The average molecular weight is 418 g/mol. The Balaban J connectivity index is 1.36. The summed E-state index contributed by atoms with van der Waals surface area (Å²) in [5, 5.41) is 13.2. The number of hydrogen-bond donors (Lipinski definition) is 1. The summed E-state index contributed by atoms with van der Waals surface area (Å²) in [4.78, 5) is 6.01. The summed E-state index contributed by atoms with van der Waals surface area (Å²) in [6.45, 7) is 2.29. The number of tetrazole rings is 1. The van der Waals surface area contributed by atoms with Gasteiger partial charge in [0.05, 0.1) is 19.1 Å². The first-order valence-corrected chi connectivity index (χ1v) is 11.9. The van der Waals surface area contributed by atoms with Crippen LogP contribution in [0.5, 0.6) is 0 Å². The number of nitrogens with one attached hydrogen (secondary N) is 1. The summed E-state index contributed by atoms with van der Waals surface area (Å²) in [7, 11) is 0. The molecule has 0 amide bonds. The first kappa shape index (κ1) is 20.3. The van der Waals surface area contributed by atoms with Crippen LogP contribution < -0.4 is 4.90 Å². The van der Waals surface area contributed by atoms with Crippen LogP contribution in [0.15, 0.2) is 54.9 Å². The molecule has 2 fully saturated rings. The van der Waals surface area contributed by atoms with Gasteiger partial charge in [0.15, 0.2) is 6.04 Å². The maximum atomic E-state index is 4.58. The van der Waals surface area contributed by atoms with Crippen molar-refractivity contribution in [3.8, 4) is 0 Å². The van der Waals surface area contributed by atoms with E-state index in [0.717, 1.165) is 24.8 Å². The van der Waals surface area contributed by atoms with Crippen LogP contribution >= 0.6 is 0 Å². The second-order valence-electron chi connectivity index (χ2n) is 9.28. The molecule has 162 valence electrons. The molecule has 1 aromatic carbocycles.